The predicted molar refractivity (Wildman–Crippen MR) is 194 cm³/mol. The number of aryl methyl sites for hydroxylation is 4. The molecule has 3 aromatic heterocycles. The van der Waals surface area contributed by atoms with E-state index in [1.807, 2.05) is 36.4 Å². The van der Waals surface area contributed by atoms with Gasteiger partial charge >= 0.3 is 0 Å². The van der Waals surface area contributed by atoms with E-state index >= 15 is 0 Å². The molecule has 6 aromatic carbocycles. The molecule has 0 bridgehead atoms. The number of benzene rings is 6. The van der Waals surface area contributed by atoms with E-state index in [2.05, 4.69) is 100 Å². The Morgan fingerprint density at radius 2 is 0.938 bits per heavy atom. The zero-order chi connectivity index (χ0) is 31.3. The minimum atomic E-state index is 0.631. The van der Waals surface area contributed by atoms with Gasteiger partial charge in [-0.15, -0.1) is 0 Å². The highest BCUT2D eigenvalue weighted by Gasteiger charge is 2.26. The number of hydrogen-bond acceptors (Lipinski definition) is 3. The summed E-state index contributed by atoms with van der Waals surface area (Å²) in [5, 5.41) is 5.08. The zero-order valence-corrected chi connectivity index (χ0v) is 26.2. The Hall–Kier alpha value is -6.07. The third kappa shape index (κ3) is 3.64. The number of rotatable bonds is 4. The molecule has 48 heavy (non-hydrogen) atoms. The summed E-state index contributed by atoms with van der Waals surface area (Å²) in [6.45, 7) is 0. The second-order valence-corrected chi connectivity index (χ2v) is 13.2. The van der Waals surface area contributed by atoms with E-state index in [1.54, 1.807) is 0 Å². The molecule has 0 saturated heterocycles. The Kier molecular flexibility index (Phi) is 5.28. The number of hydrogen-bond donors (Lipinski definition) is 0. The van der Waals surface area contributed by atoms with Gasteiger partial charge in [-0.3, -0.25) is 4.57 Å². The van der Waals surface area contributed by atoms with Gasteiger partial charge in [-0.1, -0.05) is 84.9 Å². The van der Waals surface area contributed by atoms with Gasteiger partial charge in [-0.2, -0.15) is 9.97 Å². The fourth-order valence-electron chi connectivity index (χ4n) is 7.95. The first-order valence-electron chi connectivity index (χ1n) is 16.8. The largest absolute Gasteiger partial charge is 0.309 e. The molecule has 2 aliphatic rings. The average molecular weight is 616 g/mol. The molecule has 226 valence electrons. The molecule has 0 saturated carbocycles. The molecular weight excluding hydrogens is 587 g/mol. The van der Waals surface area contributed by atoms with Crippen molar-refractivity contribution in [1.82, 2.24) is 24.1 Å². The lowest BCUT2D eigenvalue weighted by molar-refractivity contribution is 0.842. The van der Waals surface area contributed by atoms with Crippen molar-refractivity contribution >= 4 is 43.6 Å². The van der Waals surface area contributed by atoms with Gasteiger partial charge < -0.3 is 4.57 Å². The molecule has 0 N–H and O–H groups in total. The van der Waals surface area contributed by atoms with Crippen molar-refractivity contribution in [2.24, 2.45) is 0 Å². The standard InChI is InChI=1S/C43H29N5/c1-4-10-26(11-5-1)41-44-42(27-12-6-2-7-13-27)46-43(45-41)48-36-21-20-33-34-22-28-16-18-30(28)24-37(34)47(32-14-8-3-9-15-32)40(33)39(36)35-23-29-17-19-31(29)25-38(35)48/h1-15,20-25H,16-19H2. The lowest BCUT2D eigenvalue weighted by Crippen LogP contribution is -2.09. The van der Waals surface area contributed by atoms with Crippen molar-refractivity contribution in [1.29, 1.82) is 0 Å². The van der Waals surface area contributed by atoms with Crippen LogP contribution in [0.15, 0.2) is 127 Å². The molecule has 11 rings (SSSR count). The Bertz CT molecular complexity index is 2700. The first-order valence-corrected chi connectivity index (χ1v) is 16.8. The van der Waals surface area contributed by atoms with Crippen LogP contribution in [0.25, 0.3) is 78.0 Å². The van der Waals surface area contributed by atoms with Crippen LogP contribution in [-0.4, -0.2) is 24.1 Å². The molecule has 0 amide bonds. The smallest absolute Gasteiger partial charge is 0.238 e. The van der Waals surface area contributed by atoms with Crippen LogP contribution in [0.2, 0.25) is 0 Å². The van der Waals surface area contributed by atoms with Crippen LogP contribution in [0, 0.1) is 0 Å². The van der Waals surface area contributed by atoms with Crippen molar-refractivity contribution in [3.8, 4) is 34.4 Å². The van der Waals surface area contributed by atoms with Crippen LogP contribution >= 0.6 is 0 Å². The molecular formula is C43H29N5. The number of nitrogens with zero attached hydrogens (tertiary/aromatic N) is 5. The summed E-state index contributed by atoms with van der Waals surface area (Å²) in [6, 6.07) is 45.6. The van der Waals surface area contributed by atoms with E-state index in [9.17, 15) is 0 Å². The molecule has 2 aliphatic carbocycles. The minimum Gasteiger partial charge on any atom is -0.309 e. The van der Waals surface area contributed by atoms with Crippen molar-refractivity contribution in [2.45, 2.75) is 25.7 Å². The molecule has 0 unspecified atom stereocenters. The topological polar surface area (TPSA) is 48.5 Å². The summed E-state index contributed by atoms with van der Waals surface area (Å²) in [7, 11) is 0. The van der Waals surface area contributed by atoms with Crippen molar-refractivity contribution in [3.05, 3.63) is 150 Å². The molecule has 3 heterocycles. The molecule has 0 fully saturated rings. The highest BCUT2D eigenvalue weighted by Crippen LogP contribution is 2.45. The summed E-state index contributed by atoms with van der Waals surface area (Å²) < 4.78 is 4.78. The first kappa shape index (κ1) is 26.0. The summed E-state index contributed by atoms with van der Waals surface area (Å²) in [6.07, 6.45) is 4.52. The second-order valence-electron chi connectivity index (χ2n) is 13.2. The van der Waals surface area contributed by atoms with Crippen LogP contribution < -0.4 is 0 Å². The summed E-state index contributed by atoms with van der Waals surface area (Å²) in [5.41, 5.74) is 13.6. The van der Waals surface area contributed by atoms with Crippen LogP contribution in [0.1, 0.15) is 22.3 Å². The maximum absolute atomic E-state index is 5.21. The third-order valence-electron chi connectivity index (χ3n) is 10.5. The Balaban J connectivity index is 1.30. The maximum Gasteiger partial charge on any atom is 0.238 e. The van der Waals surface area contributed by atoms with Crippen LogP contribution in [0.4, 0.5) is 0 Å². The first-order chi connectivity index (χ1) is 23.8. The Morgan fingerprint density at radius 1 is 0.417 bits per heavy atom. The van der Waals surface area contributed by atoms with E-state index in [1.165, 1.54) is 60.5 Å². The Morgan fingerprint density at radius 3 is 1.52 bits per heavy atom. The van der Waals surface area contributed by atoms with E-state index < -0.39 is 0 Å². The fraction of sp³-hybridized carbons (Fsp3) is 0.0930. The lowest BCUT2D eigenvalue weighted by atomic mass is 9.87. The summed E-state index contributed by atoms with van der Waals surface area (Å²) in [5.74, 6) is 1.96. The van der Waals surface area contributed by atoms with Crippen molar-refractivity contribution in [2.75, 3.05) is 0 Å². The normalized spacial score (nSPS) is 13.5. The molecule has 9 aromatic rings. The van der Waals surface area contributed by atoms with Gasteiger partial charge in [0.05, 0.1) is 22.1 Å². The quantitative estimate of drug-likeness (QED) is 0.198. The maximum atomic E-state index is 5.21. The van der Waals surface area contributed by atoms with Gasteiger partial charge in [-0.05, 0) is 90.4 Å². The molecule has 0 radical (unpaired) electrons. The Labute approximate surface area is 276 Å². The molecule has 5 heteroatoms. The van der Waals surface area contributed by atoms with Gasteiger partial charge in [0.25, 0.3) is 0 Å². The molecule has 5 nitrogen and oxygen atoms in total. The molecule has 0 spiro atoms. The number of para-hydroxylation sites is 1. The molecule has 0 aliphatic heterocycles. The van der Waals surface area contributed by atoms with Gasteiger partial charge in [0, 0.05) is 38.4 Å². The minimum absolute atomic E-state index is 0.631. The van der Waals surface area contributed by atoms with Crippen LogP contribution in [0.3, 0.4) is 0 Å². The van der Waals surface area contributed by atoms with Crippen LogP contribution in [-0.2, 0) is 25.7 Å². The highest BCUT2D eigenvalue weighted by molar-refractivity contribution is 6.26. The van der Waals surface area contributed by atoms with Gasteiger partial charge in [0.1, 0.15) is 0 Å². The highest BCUT2D eigenvalue weighted by atomic mass is 15.2. The SMILES string of the molecule is c1ccc(-c2nc(-c3ccccc3)nc(-n3c4cc5c(cc4c4c3ccc3c6cc7c(cc6n(-c6ccccc6)c34)CC7)CC5)n2)cc1. The fourth-order valence-corrected chi connectivity index (χ4v) is 7.95. The second kappa shape index (κ2) is 9.72. The predicted octanol–water partition coefficient (Wildman–Crippen LogP) is 9.60. The van der Waals surface area contributed by atoms with E-state index in [4.69, 9.17) is 15.0 Å². The summed E-state index contributed by atoms with van der Waals surface area (Å²) >= 11 is 0. The van der Waals surface area contributed by atoms with E-state index in [-0.39, 0.29) is 0 Å². The van der Waals surface area contributed by atoms with Crippen molar-refractivity contribution < 1.29 is 0 Å². The monoisotopic (exact) mass is 615 g/mol. The zero-order valence-electron chi connectivity index (χ0n) is 26.2. The third-order valence-corrected chi connectivity index (χ3v) is 10.5. The van der Waals surface area contributed by atoms with Gasteiger partial charge in [0.2, 0.25) is 5.95 Å². The lowest BCUT2D eigenvalue weighted by Gasteiger charge is -2.19. The van der Waals surface area contributed by atoms with E-state index in [0.717, 1.165) is 47.8 Å². The average Bonchev–Trinajstić information content (AvgIpc) is 3.62. The van der Waals surface area contributed by atoms with E-state index in [0.29, 0.717) is 17.6 Å². The number of aromatic nitrogens is 5. The summed E-state index contributed by atoms with van der Waals surface area (Å²) in [4.78, 5) is 15.4. The number of fused-ring (bicyclic) bond motifs is 9. The van der Waals surface area contributed by atoms with Crippen LogP contribution in [0.5, 0.6) is 0 Å². The molecule has 0 atom stereocenters. The van der Waals surface area contributed by atoms with Gasteiger partial charge in [0.15, 0.2) is 11.6 Å². The van der Waals surface area contributed by atoms with Crippen molar-refractivity contribution in [3.63, 3.8) is 0 Å². The van der Waals surface area contributed by atoms with Gasteiger partial charge in [-0.25, -0.2) is 4.98 Å².